The summed E-state index contributed by atoms with van der Waals surface area (Å²) in [6, 6.07) is 7.15. The first-order chi connectivity index (χ1) is 11.5. The van der Waals surface area contributed by atoms with Crippen LogP contribution in [0.25, 0.3) is 0 Å². The van der Waals surface area contributed by atoms with Crippen molar-refractivity contribution in [2.24, 2.45) is 5.73 Å². The van der Waals surface area contributed by atoms with Crippen molar-refractivity contribution < 1.29 is 14.1 Å². The molecule has 1 aliphatic carbocycles. The van der Waals surface area contributed by atoms with Gasteiger partial charge in [0.2, 0.25) is 17.6 Å². The second-order valence-corrected chi connectivity index (χ2v) is 6.21. The highest BCUT2D eigenvalue weighted by Gasteiger charge is 2.35. The van der Waals surface area contributed by atoms with Gasteiger partial charge in [-0.25, -0.2) is 0 Å². The minimum Gasteiger partial charge on any atom is -0.485 e. The lowest BCUT2D eigenvalue weighted by Crippen LogP contribution is -2.52. The SMILES string of the molecule is Cc1nc(COc2ccc(NC(=O)C3(N)CCCCC3)cc2)no1. The molecule has 0 spiro atoms. The Morgan fingerprint density at radius 1 is 1.29 bits per heavy atom. The van der Waals surface area contributed by atoms with Crippen LogP contribution in [-0.2, 0) is 11.4 Å². The topological polar surface area (TPSA) is 103 Å². The van der Waals surface area contributed by atoms with Crippen LogP contribution in [0.3, 0.4) is 0 Å². The van der Waals surface area contributed by atoms with Crippen molar-refractivity contribution in [1.29, 1.82) is 0 Å². The highest BCUT2D eigenvalue weighted by molar-refractivity contribution is 5.98. The largest absolute Gasteiger partial charge is 0.485 e. The molecule has 1 aliphatic rings. The lowest BCUT2D eigenvalue weighted by molar-refractivity contribution is -0.122. The van der Waals surface area contributed by atoms with E-state index in [9.17, 15) is 4.79 Å². The molecule has 0 radical (unpaired) electrons. The molecule has 7 nitrogen and oxygen atoms in total. The van der Waals surface area contributed by atoms with E-state index >= 15 is 0 Å². The van der Waals surface area contributed by atoms with Gasteiger partial charge in [-0.1, -0.05) is 24.4 Å². The number of hydrogen-bond acceptors (Lipinski definition) is 6. The minimum atomic E-state index is -0.746. The molecule has 0 saturated heterocycles. The van der Waals surface area contributed by atoms with Crippen LogP contribution >= 0.6 is 0 Å². The third-order valence-electron chi connectivity index (χ3n) is 4.25. The fourth-order valence-electron chi connectivity index (χ4n) is 2.85. The molecule has 1 fully saturated rings. The average Bonchev–Trinajstić information content (AvgIpc) is 3.00. The Morgan fingerprint density at radius 3 is 2.62 bits per heavy atom. The maximum absolute atomic E-state index is 12.4. The van der Waals surface area contributed by atoms with Gasteiger partial charge in [0.15, 0.2) is 6.61 Å². The fourth-order valence-corrected chi connectivity index (χ4v) is 2.85. The maximum Gasteiger partial charge on any atom is 0.244 e. The predicted octanol–water partition coefficient (Wildman–Crippen LogP) is 2.56. The smallest absolute Gasteiger partial charge is 0.244 e. The zero-order chi connectivity index (χ0) is 17.0. The molecular formula is C17H22N4O3. The molecule has 3 N–H and O–H groups in total. The van der Waals surface area contributed by atoms with Crippen molar-refractivity contribution in [1.82, 2.24) is 10.1 Å². The Labute approximate surface area is 140 Å². The number of carbonyl (C=O) groups excluding carboxylic acids is 1. The van der Waals surface area contributed by atoms with Crippen LogP contribution < -0.4 is 15.8 Å². The number of anilines is 1. The van der Waals surface area contributed by atoms with Gasteiger partial charge in [-0.2, -0.15) is 4.98 Å². The molecule has 1 heterocycles. The number of benzene rings is 1. The lowest BCUT2D eigenvalue weighted by atomic mass is 9.82. The first kappa shape index (κ1) is 16.4. The first-order valence-corrected chi connectivity index (χ1v) is 8.18. The van der Waals surface area contributed by atoms with Crippen molar-refractivity contribution in [2.75, 3.05) is 5.32 Å². The second-order valence-electron chi connectivity index (χ2n) is 6.21. The predicted molar refractivity (Wildman–Crippen MR) is 88.4 cm³/mol. The number of aromatic nitrogens is 2. The monoisotopic (exact) mass is 330 g/mol. The molecular weight excluding hydrogens is 308 g/mol. The average molecular weight is 330 g/mol. The van der Waals surface area contributed by atoms with Crippen molar-refractivity contribution >= 4 is 11.6 Å². The van der Waals surface area contributed by atoms with Crippen LogP contribution in [0.2, 0.25) is 0 Å². The molecule has 0 bridgehead atoms. The number of hydrogen-bond donors (Lipinski definition) is 2. The number of nitrogens with zero attached hydrogens (tertiary/aromatic N) is 2. The summed E-state index contributed by atoms with van der Waals surface area (Å²) < 4.78 is 10.5. The van der Waals surface area contributed by atoms with E-state index in [0.29, 0.717) is 23.2 Å². The Hall–Kier alpha value is -2.41. The third kappa shape index (κ3) is 3.91. The molecule has 3 rings (SSSR count). The van der Waals surface area contributed by atoms with E-state index in [4.69, 9.17) is 15.0 Å². The van der Waals surface area contributed by atoms with Gasteiger partial charge in [-0.3, -0.25) is 4.79 Å². The van der Waals surface area contributed by atoms with Gasteiger partial charge in [0.05, 0.1) is 5.54 Å². The lowest BCUT2D eigenvalue weighted by Gasteiger charge is -2.31. The van der Waals surface area contributed by atoms with Gasteiger partial charge in [0.1, 0.15) is 5.75 Å². The summed E-state index contributed by atoms with van der Waals surface area (Å²) in [4.78, 5) is 16.5. The zero-order valence-electron chi connectivity index (χ0n) is 13.7. The molecule has 128 valence electrons. The van der Waals surface area contributed by atoms with Gasteiger partial charge in [0, 0.05) is 12.6 Å². The molecule has 2 aromatic rings. The van der Waals surface area contributed by atoms with E-state index in [1.54, 1.807) is 31.2 Å². The van der Waals surface area contributed by atoms with Crippen molar-refractivity contribution in [3.63, 3.8) is 0 Å². The fraction of sp³-hybridized carbons (Fsp3) is 0.471. The molecule has 1 aromatic carbocycles. The number of carbonyl (C=O) groups is 1. The number of nitrogens with two attached hydrogens (primary N) is 1. The third-order valence-corrected chi connectivity index (χ3v) is 4.25. The van der Waals surface area contributed by atoms with E-state index < -0.39 is 5.54 Å². The van der Waals surface area contributed by atoms with E-state index in [2.05, 4.69) is 15.5 Å². The molecule has 0 unspecified atom stereocenters. The van der Waals surface area contributed by atoms with E-state index in [0.717, 1.165) is 32.1 Å². The van der Waals surface area contributed by atoms with Crippen molar-refractivity contribution in [2.45, 2.75) is 51.2 Å². The summed E-state index contributed by atoms with van der Waals surface area (Å²) in [6.45, 7) is 1.96. The standard InChI is InChI=1S/C17H22N4O3/c1-12-19-15(21-24-12)11-23-14-7-5-13(6-8-14)20-16(22)17(18)9-3-2-4-10-17/h5-8H,2-4,9-11,18H2,1H3,(H,20,22). The van der Waals surface area contributed by atoms with Gasteiger partial charge in [0.25, 0.3) is 0 Å². The second kappa shape index (κ2) is 7.00. The Balaban J connectivity index is 1.55. The molecule has 24 heavy (non-hydrogen) atoms. The molecule has 0 atom stereocenters. The Morgan fingerprint density at radius 2 is 2.00 bits per heavy atom. The summed E-state index contributed by atoms with van der Waals surface area (Å²) >= 11 is 0. The van der Waals surface area contributed by atoms with Crippen LogP contribution in [0.1, 0.15) is 43.8 Å². The summed E-state index contributed by atoms with van der Waals surface area (Å²) in [5, 5.41) is 6.66. The van der Waals surface area contributed by atoms with E-state index in [1.165, 1.54) is 0 Å². The number of aryl methyl sites for hydroxylation is 1. The molecule has 7 heteroatoms. The number of rotatable bonds is 5. The number of ether oxygens (including phenoxy) is 1. The molecule has 1 amide bonds. The molecule has 1 saturated carbocycles. The number of amides is 1. The highest BCUT2D eigenvalue weighted by Crippen LogP contribution is 2.27. The maximum atomic E-state index is 12.4. The van der Waals surface area contributed by atoms with Gasteiger partial charge >= 0.3 is 0 Å². The first-order valence-electron chi connectivity index (χ1n) is 8.18. The van der Waals surface area contributed by atoms with E-state index in [1.807, 2.05) is 0 Å². The van der Waals surface area contributed by atoms with Gasteiger partial charge < -0.3 is 20.3 Å². The summed E-state index contributed by atoms with van der Waals surface area (Å²) in [5.41, 5.74) is 6.20. The zero-order valence-corrected chi connectivity index (χ0v) is 13.7. The van der Waals surface area contributed by atoms with Gasteiger partial charge in [-0.05, 0) is 37.1 Å². The summed E-state index contributed by atoms with van der Waals surface area (Å²) in [7, 11) is 0. The molecule has 1 aromatic heterocycles. The Kier molecular flexibility index (Phi) is 4.80. The summed E-state index contributed by atoms with van der Waals surface area (Å²) in [5.74, 6) is 1.55. The highest BCUT2D eigenvalue weighted by atomic mass is 16.5. The Bertz CT molecular complexity index is 690. The van der Waals surface area contributed by atoms with Crippen LogP contribution in [-0.4, -0.2) is 21.6 Å². The summed E-state index contributed by atoms with van der Waals surface area (Å²) in [6.07, 6.45) is 4.64. The van der Waals surface area contributed by atoms with Crippen molar-refractivity contribution in [3.8, 4) is 5.75 Å². The van der Waals surface area contributed by atoms with Crippen LogP contribution in [0.5, 0.6) is 5.75 Å². The quantitative estimate of drug-likeness (QED) is 0.873. The molecule has 0 aliphatic heterocycles. The van der Waals surface area contributed by atoms with Gasteiger partial charge in [-0.15, -0.1) is 0 Å². The number of nitrogens with one attached hydrogen (secondary N) is 1. The van der Waals surface area contributed by atoms with Crippen molar-refractivity contribution in [3.05, 3.63) is 36.0 Å². The van der Waals surface area contributed by atoms with Crippen LogP contribution in [0.4, 0.5) is 5.69 Å². The minimum absolute atomic E-state index is 0.113. The van der Waals surface area contributed by atoms with E-state index in [-0.39, 0.29) is 12.5 Å². The normalized spacial score (nSPS) is 16.6. The van der Waals surface area contributed by atoms with Crippen LogP contribution in [0.15, 0.2) is 28.8 Å². The van der Waals surface area contributed by atoms with Crippen LogP contribution in [0, 0.1) is 6.92 Å².